The van der Waals surface area contributed by atoms with E-state index in [0.717, 1.165) is 5.56 Å². The van der Waals surface area contributed by atoms with E-state index >= 15 is 0 Å². The lowest BCUT2D eigenvalue weighted by Crippen LogP contribution is -2.32. The Kier molecular flexibility index (Phi) is 6.97. The van der Waals surface area contributed by atoms with Crippen LogP contribution in [0.5, 0.6) is 0 Å². The van der Waals surface area contributed by atoms with Crippen LogP contribution in [-0.2, 0) is 17.9 Å². The van der Waals surface area contributed by atoms with E-state index in [9.17, 15) is 14.0 Å². The zero-order valence-electron chi connectivity index (χ0n) is 17.3. The third-order valence-electron chi connectivity index (χ3n) is 4.98. The normalized spacial score (nSPS) is 10.9. The van der Waals surface area contributed by atoms with Gasteiger partial charge in [0.15, 0.2) is 0 Å². The number of hydrogen-bond acceptors (Lipinski definition) is 4. The topological polar surface area (TPSA) is 66.1 Å². The van der Waals surface area contributed by atoms with E-state index in [1.807, 2.05) is 36.4 Å². The molecular formula is C25H22FN3O2S. The summed E-state index contributed by atoms with van der Waals surface area (Å²) in [6.45, 7) is 0.568. The summed E-state index contributed by atoms with van der Waals surface area (Å²) in [5, 5.41) is 0.512. The van der Waals surface area contributed by atoms with Crippen molar-refractivity contribution < 1.29 is 9.18 Å². The highest BCUT2D eigenvalue weighted by molar-refractivity contribution is 7.99. The van der Waals surface area contributed by atoms with Gasteiger partial charge in [0.1, 0.15) is 11.6 Å². The molecule has 1 heterocycles. The highest BCUT2D eigenvalue weighted by atomic mass is 32.2. The number of hydrogen-bond donors (Lipinski definition) is 1. The number of nitrogens with one attached hydrogen (secondary N) is 1. The maximum Gasteiger partial charge on any atom is 0.258 e. The summed E-state index contributed by atoms with van der Waals surface area (Å²) in [6, 6.07) is 23.3. The molecule has 0 radical (unpaired) electrons. The highest BCUT2D eigenvalue weighted by Gasteiger charge is 2.17. The molecule has 5 nitrogen and oxygen atoms in total. The van der Waals surface area contributed by atoms with Crippen LogP contribution in [0.4, 0.5) is 4.39 Å². The number of rotatable bonds is 8. The standard InChI is InChI=1S/C25H22FN3O2S/c26-20-11-5-7-13-22(20)32-15-14-24(30)29(16-18-8-2-1-3-9-18)17-23-27-21-12-6-4-10-19(21)25(31)28-23/h1-13H,14-17H2,(H,27,28,31). The predicted molar refractivity (Wildman–Crippen MR) is 125 cm³/mol. The van der Waals surface area contributed by atoms with Crippen molar-refractivity contribution in [2.45, 2.75) is 24.4 Å². The van der Waals surface area contributed by atoms with Crippen LogP contribution in [-0.4, -0.2) is 26.5 Å². The second-order valence-corrected chi connectivity index (χ2v) is 8.43. The smallest absolute Gasteiger partial charge is 0.258 e. The fraction of sp³-hybridized carbons (Fsp3) is 0.160. The van der Waals surface area contributed by atoms with Crippen molar-refractivity contribution in [3.05, 3.63) is 106 Å². The second kappa shape index (κ2) is 10.2. The number of thioether (sulfide) groups is 1. The Labute approximate surface area is 189 Å². The van der Waals surface area contributed by atoms with E-state index in [0.29, 0.717) is 33.9 Å². The molecular weight excluding hydrogens is 425 g/mol. The van der Waals surface area contributed by atoms with Crippen LogP contribution in [0.2, 0.25) is 0 Å². The Balaban J connectivity index is 1.51. The summed E-state index contributed by atoms with van der Waals surface area (Å²) in [6.07, 6.45) is 0.240. The number of nitrogens with zero attached hydrogens (tertiary/aromatic N) is 2. The molecule has 7 heteroatoms. The van der Waals surface area contributed by atoms with Gasteiger partial charge in [-0.25, -0.2) is 9.37 Å². The third kappa shape index (κ3) is 5.42. The number of halogens is 1. The molecule has 0 saturated heterocycles. The predicted octanol–water partition coefficient (Wildman–Crippen LogP) is 4.77. The number of carbonyl (C=O) groups is 1. The van der Waals surface area contributed by atoms with Gasteiger partial charge in [-0.05, 0) is 29.8 Å². The maximum atomic E-state index is 13.9. The van der Waals surface area contributed by atoms with Crippen molar-refractivity contribution in [3.63, 3.8) is 0 Å². The molecule has 162 valence electrons. The van der Waals surface area contributed by atoms with Gasteiger partial charge in [-0.15, -0.1) is 11.8 Å². The molecule has 0 fully saturated rings. The van der Waals surface area contributed by atoms with Crippen molar-refractivity contribution in [1.29, 1.82) is 0 Å². The number of fused-ring (bicyclic) bond motifs is 1. The minimum absolute atomic E-state index is 0.0894. The van der Waals surface area contributed by atoms with E-state index < -0.39 is 0 Å². The molecule has 0 aliphatic carbocycles. The molecule has 0 spiro atoms. The first kappa shape index (κ1) is 21.8. The first-order valence-corrected chi connectivity index (χ1v) is 11.3. The molecule has 32 heavy (non-hydrogen) atoms. The van der Waals surface area contributed by atoms with Crippen LogP contribution in [0.25, 0.3) is 10.9 Å². The molecule has 1 amide bonds. The van der Waals surface area contributed by atoms with Crippen molar-refractivity contribution in [3.8, 4) is 0 Å². The van der Waals surface area contributed by atoms with E-state index in [1.54, 1.807) is 41.3 Å². The molecule has 0 atom stereocenters. The molecule has 0 aliphatic heterocycles. The van der Waals surface area contributed by atoms with E-state index in [2.05, 4.69) is 9.97 Å². The first-order valence-electron chi connectivity index (χ1n) is 10.3. The monoisotopic (exact) mass is 447 g/mol. The van der Waals surface area contributed by atoms with Gasteiger partial charge in [-0.3, -0.25) is 9.59 Å². The van der Waals surface area contributed by atoms with Gasteiger partial charge in [0.2, 0.25) is 5.91 Å². The Morgan fingerprint density at radius 1 is 0.938 bits per heavy atom. The molecule has 0 unspecified atom stereocenters. The SMILES string of the molecule is O=C(CCSc1ccccc1F)N(Cc1ccccc1)Cc1nc2ccccc2c(=O)[nH]1. The van der Waals surface area contributed by atoms with Crippen molar-refractivity contribution in [1.82, 2.24) is 14.9 Å². The molecule has 0 aliphatic rings. The summed E-state index contributed by atoms with van der Waals surface area (Å²) >= 11 is 1.31. The van der Waals surface area contributed by atoms with Crippen molar-refractivity contribution >= 4 is 28.6 Å². The van der Waals surface area contributed by atoms with Crippen LogP contribution in [0.1, 0.15) is 17.8 Å². The largest absolute Gasteiger partial charge is 0.331 e. The number of H-pyrrole nitrogens is 1. The van der Waals surface area contributed by atoms with Crippen LogP contribution in [0.15, 0.2) is 88.6 Å². The number of aromatic nitrogens is 2. The molecule has 4 aromatic rings. The molecule has 0 bridgehead atoms. The Bertz CT molecular complexity index is 1280. The Morgan fingerprint density at radius 2 is 1.66 bits per heavy atom. The maximum absolute atomic E-state index is 13.9. The minimum Gasteiger partial charge on any atom is -0.331 e. The summed E-state index contributed by atoms with van der Waals surface area (Å²) in [5.74, 6) is 0.504. The Hall–Kier alpha value is -3.45. The summed E-state index contributed by atoms with van der Waals surface area (Å²) in [7, 11) is 0. The molecule has 0 saturated carbocycles. The molecule has 1 N–H and O–H groups in total. The van der Waals surface area contributed by atoms with Crippen LogP contribution >= 0.6 is 11.8 Å². The van der Waals surface area contributed by atoms with Gasteiger partial charge in [0.25, 0.3) is 5.56 Å². The summed E-state index contributed by atoms with van der Waals surface area (Å²) in [5.41, 5.74) is 1.34. The molecule has 3 aromatic carbocycles. The highest BCUT2D eigenvalue weighted by Crippen LogP contribution is 2.22. The summed E-state index contributed by atoms with van der Waals surface area (Å²) in [4.78, 5) is 35.0. The van der Waals surface area contributed by atoms with Gasteiger partial charge in [0.05, 0.1) is 17.4 Å². The summed E-state index contributed by atoms with van der Waals surface area (Å²) < 4.78 is 13.9. The molecule has 1 aromatic heterocycles. The van der Waals surface area contributed by atoms with E-state index in [1.165, 1.54) is 17.8 Å². The van der Waals surface area contributed by atoms with Crippen LogP contribution in [0.3, 0.4) is 0 Å². The van der Waals surface area contributed by atoms with Gasteiger partial charge >= 0.3 is 0 Å². The minimum atomic E-state index is -0.288. The fourth-order valence-electron chi connectivity index (χ4n) is 3.39. The van der Waals surface area contributed by atoms with Crippen molar-refractivity contribution in [2.24, 2.45) is 0 Å². The zero-order chi connectivity index (χ0) is 22.3. The third-order valence-corrected chi connectivity index (χ3v) is 6.03. The zero-order valence-corrected chi connectivity index (χ0v) is 18.1. The number of amides is 1. The van der Waals surface area contributed by atoms with Crippen LogP contribution in [0, 0.1) is 5.82 Å². The number of aromatic amines is 1. The number of benzene rings is 3. The number of carbonyl (C=O) groups excluding carboxylic acids is 1. The van der Waals surface area contributed by atoms with Gasteiger partial charge < -0.3 is 9.88 Å². The van der Waals surface area contributed by atoms with Crippen molar-refractivity contribution in [2.75, 3.05) is 5.75 Å². The van der Waals surface area contributed by atoms with Gasteiger partial charge in [0, 0.05) is 23.6 Å². The Morgan fingerprint density at radius 3 is 2.47 bits per heavy atom. The fourth-order valence-corrected chi connectivity index (χ4v) is 4.27. The molecule has 4 rings (SSSR count). The second-order valence-electron chi connectivity index (χ2n) is 7.29. The van der Waals surface area contributed by atoms with E-state index in [4.69, 9.17) is 0 Å². The first-order chi connectivity index (χ1) is 15.6. The number of para-hydroxylation sites is 1. The quantitative estimate of drug-likeness (QED) is 0.395. The van der Waals surface area contributed by atoms with Gasteiger partial charge in [-0.1, -0.05) is 54.6 Å². The van der Waals surface area contributed by atoms with Gasteiger partial charge in [-0.2, -0.15) is 0 Å². The average molecular weight is 448 g/mol. The lowest BCUT2D eigenvalue weighted by atomic mass is 10.2. The van der Waals surface area contributed by atoms with Crippen LogP contribution < -0.4 is 5.56 Å². The average Bonchev–Trinajstić information content (AvgIpc) is 2.80. The van der Waals surface area contributed by atoms with E-state index in [-0.39, 0.29) is 30.2 Å². The lowest BCUT2D eigenvalue weighted by Gasteiger charge is -2.22. The lowest BCUT2D eigenvalue weighted by molar-refractivity contribution is -0.132.